The first-order valence-corrected chi connectivity index (χ1v) is 14.3. The van der Waals surface area contributed by atoms with Crippen molar-refractivity contribution in [2.75, 3.05) is 159 Å². The van der Waals surface area contributed by atoms with Crippen LogP contribution in [0, 0.1) is 0 Å². The molecule has 0 aromatic heterocycles. The van der Waals surface area contributed by atoms with Gasteiger partial charge in [0.25, 0.3) is 0 Å². The number of azide groups is 2. The summed E-state index contributed by atoms with van der Waals surface area (Å²) >= 11 is 0. The smallest absolute Gasteiger partial charge is 0.244 e. The fourth-order valence-electron chi connectivity index (χ4n) is 2.69. The lowest BCUT2D eigenvalue weighted by Crippen LogP contribution is -2.15. The largest absolute Gasteiger partial charge is 0.377 e. The fourth-order valence-corrected chi connectivity index (χ4v) is 2.69. The summed E-state index contributed by atoms with van der Waals surface area (Å²) in [5.74, 6) is -0.668. The van der Waals surface area contributed by atoms with E-state index in [-0.39, 0.29) is 19.9 Å². The maximum atomic E-state index is 10.9. The highest BCUT2D eigenvalue weighted by Crippen LogP contribution is 1.88. The highest BCUT2D eigenvalue weighted by molar-refractivity contribution is 5.77. The minimum Gasteiger partial charge on any atom is -0.377 e. The minimum absolute atomic E-state index is 0.00571. The minimum atomic E-state index is -0.668. The summed E-state index contributed by atoms with van der Waals surface area (Å²) in [5, 5.41) is 6.12. The lowest BCUT2D eigenvalue weighted by atomic mass is 10.6. The summed E-state index contributed by atoms with van der Waals surface area (Å²) in [4.78, 5) is 15.8. The van der Waals surface area contributed by atoms with E-state index in [0.717, 1.165) is 0 Å². The van der Waals surface area contributed by atoms with Crippen molar-refractivity contribution in [3.63, 3.8) is 0 Å². The summed E-state index contributed by atoms with van der Waals surface area (Å²) in [6, 6.07) is 0. The van der Waals surface area contributed by atoms with E-state index in [1.807, 2.05) is 0 Å². The second-order valence-electron chi connectivity index (χ2n) is 8.03. The molecular weight excluding hydrogens is 592 g/mol. The van der Waals surface area contributed by atoms with Crippen LogP contribution in [0.1, 0.15) is 0 Å². The summed E-state index contributed by atoms with van der Waals surface area (Å²) in [5.41, 5.74) is 16.2. The van der Waals surface area contributed by atoms with Gasteiger partial charge >= 0.3 is 0 Å². The van der Waals surface area contributed by atoms with Crippen LogP contribution >= 0.6 is 0 Å². The molecule has 0 radical (unpaired) electrons. The zero-order valence-electron chi connectivity index (χ0n) is 25.5. The Labute approximate surface area is 257 Å². The Morgan fingerprint density at radius 3 is 0.886 bits per heavy atom. The monoisotopic (exact) mass is 640 g/mol. The molecule has 44 heavy (non-hydrogen) atoms. The van der Waals surface area contributed by atoms with Crippen LogP contribution in [0.5, 0.6) is 0 Å². The van der Waals surface area contributed by atoms with Crippen LogP contribution in [-0.2, 0) is 61.6 Å². The molecule has 1 amide bonds. The zero-order valence-corrected chi connectivity index (χ0v) is 25.5. The normalized spacial score (nSPS) is 10.9. The Bertz CT molecular complexity index is 716. The Kier molecular flexibility index (Phi) is 36.9. The Morgan fingerprint density at radius 2 is 0.636 bits per heavy atom. The van der Waals surface area contributed by atoms with Gasteiger partial charge in [-0.25, -0.2) is 0 Å². The van der Waals surface area contributed by atoms with E-state index in [0.29, 0.717) is 139 Å². The van der Waals surface area contributed by atoms with Crippen LogP contribution in [0.4, 0.5) is 0 Å². The molecule has 0 spiro atoms. The molecule has 0 aliphatic carbocycles. The van der Waals surface area contributed by atoms with Crippen molar-refractivity contribution in [1.29, 1.82) is 0 Å². The second-order valence-corrected chi connectivity index (χ2v) is 8.03. The van der Waals surface area contributed by atoms with Gasteiger partial charge in [0.2, 0.25) is 5.91 Å². The third-order valence-corrected chi connectivity index (χ3v) is 4.69. The molecule has 0 aromatic rings. The van der Waals surface area contributed by atoms with Gasteiger partial charge in [-0.1, -0.05) is 5.11 Å². The number of carbonyl (C=O) groups is 1. The Hall–Kier alpha value is -2.19. The first-order valence-electron chi connectivity index (χ1n) is 14.3. The van der Waals surface area contributed by atoms with Gasteiger partial charge in [-0.05, 0) is 16.2 Å². The first-order chi connectivity index (χ1) is 21.8. The number of hydrogen-bond donors (Lipinski definition) is 0. The van der Waals surface area contributed by atoms with Gasteiger partial charge in [0.15, 0.2) is 0 Å². The van der Waals surface area contributed by atoms with Crippen LogP contribution in [0.3, 0.4) is 0 Å². The van der Waals surface area contributed by atoms with Gasteiger partial charge in [-0.3, -0.25) is 4.79 Å². The maximum Gasteiger partial charge on any atom is 0.244 e. The van der Waals surface area contributed by atoms with Crippen molar-refractivity contribution in [3.05, 3.63) is 20.9 Å². The molecule has 0 unspecified atom stereocenters. The topological polar surface area (TPSA) is 225 Å². The first kappa shape index (κ1) is 41.8. The fraction of sp³-hybridized carbons (Fsp3) is 0.960. The van der Waals surface area contributed by atoms with Crippen LogP contribution < -0.4 is 0 Å². The molecule has 0 N–H and O–H groups in total. The van der Waals surface area contributed by atoms with Crippen molar-refractivity contribution in [3.8, 4) is 0 Å². The maximum absolute atomic E-state index is 10.9. The van der Waals surface area contributed by atoms with Crippen molar-refractivity contribution in [2.24, 2.45) is 10.2 Å². The third-order valence-electron chi connectivity index (χ3n) is 4.69. The molecular formula is C25H48N6O13. The Morgan fingerprint density at radius 1 is 0.386 bits per heavy atom. The summed E-state index contributed by atoms with van der Waals surface area (Å²) in [6.07, 6.45) is 0. The third kappa shape index (κ3) is 37.8. The highest BCUT2D eigenvalue weighted by atomic mass is 16.6. The number of carbonyl (C=O) groups excluding carboxylic acids is 1. The molecule has 0 fully saturated rings. The standard InChI is InChI=1S/C25H48N6O13/c26-30-28-24-44-22-20-42-18-16-40-14-12-38-10-8-36-6-4-34-2-1-33-3-5-35-7-9-37-11-13-39-15-17-41-19-21-43-23-25(32)29-31-27/h1-24H2. The van der Waals surface area contributed by atoms with E-state index in [4.69, 9.17) is 67.9 Å². The lowest BCUT2D eigenvalue weighted by molar-refractivity contribution is -0.123. The van der Waals surface area contributed by atoms with Gasteiger partial charge in [0.1, 0.15) is 13.3 Å². The lowest BCUT2D eigenvalue weighted by Gasteiger charge is -2.09. The van der Waals surface area contributed by atoms with E-state index in [2.05, 4.69) is 20.1 Å². The van der Waals surface area contributed by atoms with Crippen molar-refractivity contribution >= 4 is 5.91 Å². The van der Waals surface area contributed by atoms with Gasteiger partial charge in [0, 0.05) is 9.82 Å². The molecule has 0 saturated carbocycles. The van der Waals surface area contributed by atoms with Gasteiger partial charge in [-0.15, -0.1) is 0 Å². The molecule has 0 rings (SSSR count). The van der Waals surface area contributed by atoms with E-state index in [1.165, 1.54) is 0 Å². The molecule has 0 bridgehead atoms. The molecule has 0 saturated heterocycles. The quantitative estimate of drug-likeness (QED) is 0.0404. The van der Waals surface area contributed by atoms with Crippen molar-refractivity contribution < 1.29 is 61.6 Å². The summed E-state index contributed by atoms with van der Waals surface area (Å²) in [6.45, 7) is 9.37. The predicted octanol–water partition coefficient (Wildman–Crippen LogP) is 1.29. The summed E-state index contributed by atoms with van der Waals surface area (Å²) < 4.78 is 63.9. The van der Waals surface area contributed by atoms with Gasteiger partial charge in [0.05, 0.1) is 145 Å². The second kappa shape index (κ2) is 38.8. The van der Waals surface area contributed by atoms with Crippen molar-refractivity contribution in [1.82, 2.24) is 0 Å². The SMILES string of the molecule is [N-]=[N+]=NCOCCOCCOCCOCCOCCOCCOCCOCCOCCOCCOCCOCC(=O)N=[N+]=[N-]. The molecule has 0 atom stereocenters. The molecule has 19 nitrogen and oxygen atoms in total. The van der Waals surface area contributed by atoms with Gasteiger partial charge in [-0.2, -0.15) is 0 Å². The van der Waals surface area contributed by atoms with E-state index in [1.54, 1.807) is 0 Å². The number of rotatable bonds is 37. The average Bonchev–Trinajstić information content (AvgIpc) is 3.02. The average molecular weight is 641 g/mol. The number of hydrogen-bond acceptors (Lipinski definition) is 14. The molecule has 256 valence electrons. The number of amides is 1. The van der Waals surface area contributed by atoms with E-state index < -0.39 is 5.91 Å². The summed E-state index contributed by atoms with van der Waals surface area (Å²) in [7, 11) is 0. The van der Waals surface area contributed by atoms with Crippen LogP contribution in [0.2, 0.25) is 0 Å². The molecule has 19 heteroatoms. The zero-order chi connectivity index (χ0) is 31.9. The van der Waals surface area contributed by atoms with E-state index >= 15 is 0 Å². The highest BCUT2D eigenvalue weighted by Gasteiger charge is 1.98. The Balaban J connectivity index is 3.07. The number of ether oxygens (including phenoxy) is 12. The van der Waals surface area contributed by atoms with Crippen LogP contribution in [-0.4, -0.2) is 165 Å². The molecule has 0 aliphatic rings. The molecule has 0 aliphatic heterocycles. The van der Waals surface area contributed by atoms with E-state index in [9.17, 15) is 4.79 Å². The predicted molar refractivity (Wildman–Crippen MR) is 153 cm³/mol. The van der Waals surface area contributed by atoms with Crippen molar-refractivity contribution in [2.45, 2.75) is 0 Å². The van der Waals surface area contributed by atoms with Gasteiger partial charge < -0.3 is 56.8 Å². The van der Waals surface area contributed by atoms with Crippen LogP contribution in [0.25, 0.3) is 20.9 Å². The molecule has 0 aromatic carbocycles. The number of nitrogens with zero attached hydrogens (tertiary/aromatic N) is 6. The van der Waals surface area contributed by atoms with Crippen LogP contribution in [0.15, 0.2) is 10.2 Å². The molecule has 0 heterocycles.